The summed E-state index contributed by atoms with van der Waals surface area (Å²) in [5.41, 5.74) is 2.59. The molecule has 86 valence electrons. The number of hydrogen-bond acceptors (Lipinski definition) is 3. The second-order valence-corrected chi connectivity index (χ2v) is 3.94. The molecule has 3 nitrogen and oxygen atoms in total. The number of hydrogen-bond donors (Lipinski definition) is 0. The van der Waals surface area contributed by atoms with Crippen LogP contribution in [0.1, 0.15) is 30.6 Å². The number of ether oxygens (including phenoxy) is 2. The lowest BCUT2D eigenvalue weighted by Gasteiger charge is -2.25. The maximum absolute atomic E-state index is 10.7. The molecule has 0 N–H and O–H groups in total. The number of benzene rings is 1. The molecule has 3 heteroatoms. The number of carbonyl (C=O) groups is 1. The zero-order valence-electron chi connectivity index (χ0n) is 9.44. The Morgan fingerprint density at radius 3 is 3.12 bits per heavy atom. The fourth-order valence-electron chi connectivity index (χ4n) is 2.03. The standard InChI is InChI=1S/C13H16O3/c1-10(14)15-9-7-13-12-5-3-2-4-11(12)6-8-16-13/h2-5,13H,6-9H2,1H3. The van der Waals surface area contributed by atoms with Crippen molar-refractivity contribution in [2.75, 3.05) is 13.2 Å². The molecule has 16 heavy (non-hydrogen) atoms. The van der Waals surface area contributed by atoms with Crippen LogP contribution < -0.4 is 0 Å². The Labute approximate surface area is 95.4 Å². The maximum atomic E-state index is 10.7. The summed E-state index contributed by atoms with van der Waals surface area (Å²) < 4.78 is 10.6. The van der Waals surface area contributed by atoms with E-state index in [9.17, 15) is 4.79 Å². The van der Waals surface area contributed by atoms with Crippen molar-refractivity contribution in [2.24, 2.45) is 0 Å². The fraction of sp³-hybridized carbons (Fsp3) is 0.462. The van der Waals surface area contributed by atoms with Gasteiger partial charge >= 0.3 is 5.97 Å². The largest absolute Gasteiger partial charge is 0.466 e. The van der Waals surface area contributed by atoms with Crippen molar-refractivity contribution in [2.45, 2.75) is 25.9 Å². The van der Waals surface area contributed by atoms with Gasteiger partial charge in [0, 0.05) is 13.3 Å². The Balaban J connectivity index is 1.99. The Morgan fingerprint density at radius 2 is 2.31 bits per heavy atom. The third kappa shape index (κ3) is 2.61. The highest BCUT2D eigenvalue weighted by Gasteiger charge is 2.20. The van der Waals surface area contributed by atoms with Crippen molar-refractivity contribution in [3.05, 3.63) is 35.4 Å². The van der Waals surface area contributed by atoms with E-state index in [0.717, 1.165) is 19.4 Å². The van der Waals surface area contributed by atoms with Crippen LogP contribution in [0.4, 0.5) is 0 Å². The van der Waals surface area contributed by atoms with Crippen LogP contribution in [0.2, 0.25) is 0 Å². The Morgan fingerprint density at radius 1 is 1.50 bits per heavy atom. The van der Waals surface area contributed by atoms with Crippen LogP contribution >= 0.6 is 0 Å². The first-order chi connectivity index (χ1) is 7.77. The third-order valence-corrected chi connectivity index (χ3v) is 2.78. The van der Waals surface area contributed by atoms with Gasteiger partial charge in [-0.1, -0.05) is 24.3 Å². The van der Waals surface area contributed by atoms with E-state index in [2.05, 4.69) is 12.1 Å². The molecule has 0 spiro atoms. The normalized spacial score (nSPS) is 18.9. The van der Waals surface area contributed by atoms with Crippen molar-refractivity contribution in [3.8, 4) is 0 Å². The molecule has 0 fully saturated rings. The molecule has 0 saturated carbocycles. The molecule has 0 aliphatic carbocycles. The zero-order valence-corrected chi connectivity index (χ0v) is 9.44. The minimum absolute atomic E-state index is 0.0734. The molecule has 1 aromatic rings. The summed E-state index contributed by atoms with van der Waals surface area (Å²) in [6.45, 7) is 2.60. The van der Waals surface area contributed by atoms with E-state index in [1.807, 2.05) is 12.1 Å². The van der Waals surface area contributed by atoms with Gasteiger partial charge in [-0.25, -0.2) is 0 Å². The molecule has 1 unspecified atom stereocenters. The predicted octanol–water partition coefficient (Wildman–Crippen LogP) is 2.25. The van der Waals surface area contributed by atoms with Crippen molar-refractivity contribution in [1.29, 1.82) is 0 Å². The van der Waals surface area contributed by atoms with Crippen LogP contribution in [0.25, 0.3) is 0 Å². The van der Waals surface area contributed by atoms with E-state index in [1.54, 1.807) is 0 Å². The Hall–Kier alpha value is -1.35. The summed E-state index contributed by atoms with van der Waals surface area (Å²) in [4.78, 5) is 10.7. The minimum atomic E-state index is -0.232. The monoisotopic (exact) mass is 220 g/mol. The van der Waals surface area contributed by atoms with Gasteiger partial charge in [0.1, 0.15) is 0 Å². The molecule has 0 aromatic heterocycles. The molecule has 0 amide bonds. The van der Waals surface area contributed by atoms with Gasteiger partial charge in [0.05, 0.1) is 19.3 Å². The highest BCUT2D eigenvalue weighted by Crippen LogP contribution is 2.29. The second kappa shape index (κ2) is 5.12. The molecule has 1 heterocycles. The summed E-state index contributed by atoms with van der Waals surface area (Å²) >= 11 is 0. The van der Waals surface area contributed by atoms with Crippen molar-refractivity contribution in [1.82, 2.24) is 0 Å². The van der Waals surface area contributed by atoms with Gasteiger partial charge in [0.25, 0.3) is 0 Å². The number of fused-ring (bicyclic) bond motifs is 1. The average Bonchev–Trinajstić information content (AvgIpc) is 2.29. The highest BCUT2D eigenvalue weighted by molar-refractivity contribution is 5.65. The van der Waals surface area contributed by atoms with E-state index in [4.69, 9.17) is 9.47 Å². The Bertz CT molecular complexity index is 373. The third-order valence-electron chi connectivity index (χ3n) is 2.78. The van der Waals surface area contributed by atoms with Crippen LogP contribution in [-0.2, 0) is 20.7 Å². The van der Waals surface area contributed by atoms with Gasteiger partial charge in [-0.05, 0) is 17.5 Å². The summed E-state index contributed by atoms with van der Waals surface area (Å²) in [5, 5.41) is 0. The lowest BCUT2D eigenvalue weighted by atomic mass is 9.96. The van der Waals surface area contributed by atoms with Gasteiger partial charge in [0.2, 0.25) is 0 Å². The maximum Gasteiger partial charge on any atom is 0.302 e. The van der Waals surface area contributed by atoms with Crippen LogP contribution in [0, 0.1) is 0 Å². The molecular formula is C13H16O3. The van der Waals surface area contributed by atoms with Gasteiger partial charge in [0.15, 0.2) is 0 Å². The minimum Gasteiger partial charge on any atom is -0.466 e. The van der Waals surface area contributed by atoms with Gasteiger partial charge in [-0.15, -0.1) is 0 Å². The number of rotatable bonds is 3. The topological polar surface area (TPSA) is 35.5 Å². The molecular weight excluding hydrogens is 204 g/mol. The summed E-state index contributed by atoms with van der Waals surface area (Å²) in [6.07, 6.45) is 1.78. The number of carbonyl (C=O) groups excluding carboxylic acids is 1. The molecule has 2 rings (SSSR count). The SMILES string of the molecule is CC(=O)OCCC1OCCc2ccccc21. The van der Waals surface area contributed by atoms with E-state index >= 15 is 0 Å². The quantitative estimate of drug-likeness (QED) is 0.733. The first-order valence-corrected chi connectivity index (χ1v) is 5.60. The predicted molar refractivity (Wildman–Crippen MR) is 60.1 cm³/mol. The van der Waals surface area contributed by atoms with Crippen LogP contribution in [0.15, 0.2) is 24.3 Å². The van der Waals surface area contributed by atoms with Crippen molar-refractivity contribution >= 4 is 5.97 Å². The molecule has 0 bridgehead atoms. The molecule has 0 radical (unpaired) electrons. The molecule has 1 aliphatic rings. The molecule has 1 atom stereocenters. The zero-order chi connectivity index (χ0) is 11.4. The first-order valence-electron chi connectivity index (χ1n) is 5.60. The van der Waals surface area contributed by atoms with Gasteiger partial charge in [-0.2, -0.15) is 0 Å². The molecule has 1 aromatic carbocycles. The van der Waals surface area contributed by atoms with Crippen molar-refractivity contribution in [3.63, 3.8) is 0 Å². The van der Waals surface area contributed by atoms with E-state index in [0.29, 0.717) is 6.61 Å². The summed E-state index contributed by atoms with van der Waals surface area (Å²) in [7, 11) is 0. The van der Waals surface area contributed by atoms with Gasteiger partial charge in [-0.3, -0.25) is 4.79 Å². The van der Waals surface area contributed by atoms with E-state index in [-0.39, 0.29) is 12.1 Å². The molecule has 1 aliphatic heterocycles. The highest BCUT2D eigenvalue weighted by atomic mass is 16.5. The Kier molecular flexibility index (Phi) is 3.57. The average molecular weight is 220 g/mol. The summed E-state index contributed by atoms with van der Waals surface area (Å²) in [6, 6.07) is 8.29. The first kappa shape index (κ1) is 11.1. The fourth-order valence-corrected chi connectivity index (χ4v) is 2.03. The lowest BCUT2D eigenvalue weighted by Crippen LogP contribution is -2.18. The smallest absolute Gasteiger partial charge is 0.302 e. The van der Waals surface area contributed by atoms with Crippen LogP contribution in [0.5, 0.6) is 0 Å². The van der Waals surface area contributed by atoms with E-state index in [1.165, 1.54) is 18.1 Å². The van der Waals surface area contributed by atoms with Crippen LogP contribution in [0.3, 0.4) is 0 Å². The molecule has 0 saturated heterocycles. The number of esters is 1. The summed E-state index contributed by atoms with van der Waals surface area (Å²) in [5.74, 6) is -0.232. The second-order valence-electron chi connectivity index (χ2n) is 3.94. The van der Waals surface area contributed by atoms with Crippen molar-refractivity contribution < 1.29 is 14.3 Å². The van der Waals surface area contributed by atoms with E-state index < -0.39 is 0 Å². The van der Waals surface area contributed by atoms with Gasteiger partial charge < -0.3 is 9.47 Å². The lowest BCUT2D eigenvalue weighted by molar-refractivity contribution is -0.141. The van der Waals surface area contributed by atoms with Crippen LogP contribution in [-0.4, -0.2) is 19.2 Å².